The van der Waals surface area contributed by atoms with Crippen LogP contribution in [0.4, 0.5) is 0 Å². The van der Waals surface area contributed by atoms with Crippen LogP contribution in [0.2, 0.25) is 0 Å². The Labute approximate surface area is 131 Å². The maximum absolute atomic E-state index is 12.3. The zero-order valence-corrected chi connectivity index (χ0v) is 13.4. The molecule has 1 amide bonds. The molecule has 0 saturated carbocycles. The summed E-state index contributed by atoms with van der Waals surface area (Å²) in [7, 11) is 0. The fraction of sp³-hybridized carbons (Fsp3) is 0.688. The van der Waals surface area contributed by atoms with Crippen LogP contribution < -0.4 is 0 Å². The Morgan fingerprint density at radius 3 is 2.91 bits per heavy atom. The Morgan fingerprint density at radius 1 is 1.36 bits per heavy atom. The molecule has 2 aliphatic rings. The number of piperidine rings is 1. The molecule has 1 aromatic heterocycles. The van der Waals surface area contributed by atoms with Crippen molar-refractivity contribution >= 4 is 5.91 Å². The van der Waals surface area contributed by atoms with Gasteiger partial charge in [-0.25, -0.2) is 0 Å². The van der Waals surface area contributed by atoms with Gasteiger partial charge in [0.05, 0.1) is 0 Å². The van der Waals surface area contributed by atoms with Gasteiger partial charge in [0.2, 0.25) is 5.89 Å². The molecule has 0 unspecified atom stereocenters. The average molecular weight is 304 g/mol. The monoisotopic (exact) mass is 304 g/mol. The number of aromatic nitrogens is 2. The number of rotatable bonds is 4. The van der Waals surface area contributed by atoms with Gasteiger partial charge in [-0.3, -0.25) is 9.69 Å². The molecule has 0 spiro atoms. The minimum absolute atomic E-state index is 0.115. The Kier molecular flexibility index (Phi) is 4.57. The van der Waals surface area contributed by atoms with E-state index in [4.69, 9.17) is 4.42 Å². The molecular formula is C16H24N4O2. The van der Waals surface area contributed by atoms with E-state index < -0.39 is 0 Å². The Bertz CT molecular complexity index is 548. The standard InChI is InChI=1S/C16H24N4O2/c1-3-4-8-14-17-18-15(22-14)16(21)19-10-13(11-19)20-9-6-5-7-12(20)2/h3-4,12-13H,5-11H2,1-2H3/b4-3+/t12-/m0/s1. The first-order valence-electron chi connectivity index (χ1n) is 8.17. The molecule has 2 fully saturated rings. The number of hydrogen-bond donors (Lipinski definition) is 0. The Balaban J connectivity index is 1.53. The van der Waals surface area contributed by atoms with Gasteiger partial charge < -0.3 is 9.32 Å². The third-order valence-corrected chi connectivity index (χ3v) is 4.65. The van der Waals surface area contributed by atoms with Gasteiger partial charge in [0.1, 0.15) is 0 Å². The summed E-state index contributed by atoms with van der Waals surface area (Å²) in [5, 5.41) is 7.78. The lowest BCUT2D eigenvalue weighted by molar-refractivity contribution is 0.0000365. The molecule has 1 atom stereocenters. The maximum atomic E-state index is 12.3. The van der Waals surface area contributed by atoms with Crippen molar-refractivity contribution in [3.63, 3.8) is 0 Å². The van der Waals surface area contributed by atoms with Crippen LogP contribution in [-0.4, -0.2) is 57.6 Å². The van der Waals surface area contributed by atoms with Gasteiger partial charge in [-0.2, -0.15) is 0 Å². The normalized spacial score (nSPS) is 23.9. The number of hydrogen-bond acceptors (Lipinski definition) is 5. The lowest BCUT2D eigenvalue weighted by Crippen LogP contribution is -2.63. The number of amides is 1. The van der Waals surface area contributed by atoms with Crippen LogP contribution in [0.25, 0.3) is 0 Å². The molecule has 22 heavy (non-hydrogen) atoms. The Hall–Kier alpha value is -1.69. The van der Waals surface area contributed by atoms with E-state index in [0.29, 0.717) is 24.4 Å². The second-order valence-electron chi connectivity index (χ2n) is 6.22. The second kappa shape index (κ2) is 6.60. The molecule has 3 heterocycles. The van der Waals surface area contributed by atoms with Crippen LogP contribution in [0, 0.1) is 0 Å². The third kappa shape index (κ3) is 3.06. The molecule has 6 nitrogen and oxygen atoms in total. The Morgan fingerprint density at radius 2 is 2.18 bits per heavy atom. The first kappa shape index (κ1) is 15.2. The summed E-state index contributed by atoms with van der Waals surface area (Å²) in [6.45, 7) is 6.92. The highest BCUT2D eigenvalue weighted by Crippen LogP contribution is 2.25. The SMILES string of the molecule is C/C=C/Cc1nnc(C(=O)N2CC(N3CCCC[C@@H]3C)C2)o1. The number of likely N-dealkylation sites (tertiary alicyclic amines) is 2. The smallest absolute Gasteiger partial charge is 0.311 e. The molecule has 0 bridgehead atoms. The van der Waals surface area contributed by atoms with Crippen molar-refractivity contribution in [2.75, 3.05) is 19.6 Å². The first-order chi connectivity index (χ1) is 10.7. The van der Waals surface area contributed by atoms with Gasteiger partial charge >= 0.3 is 11.8 Å². The molecule has 0 aliphatic carbocycles. The van der Waals surface area contributed by atoms with Crippen molar-refractivity contribution in [3.8, 4) is 0 Å². The van der Waals surface area contributed by atoms with Crippen LogP contribution in [-0.2, 0) is 6.42 Å². The van der Waals surface area contributed by atoms with Gasteiger partial charge in [-0.05, 0) is 33.2 Å². The summed E-state index contributed by atoms with van der Waals surface area (Å²) >= 11 is 0. The van der Waals surface area contributed by atoms with Gasteiger partial charge in [0.15, 0.2) is 0 Å². The van der Waals surface area contributed by atoms with Crippen molar-refractivity contribution < 1.29 is 9.21 Å². The molecule has 2 saturated heterocycles. The van der Waals surface area contributed by atoms with Gasteiger partial charge in [-0.15, -0.1) is 10.2 Å². The number of carbonyl (C=O) groups is 1. The van der Waals surface area contributed by atoms with Crippen molar-refractivity contribution in [1.29, 1.82) is 0 Å². The van der Waals surface area contributed by atoms with E-state index in [9.17, 15) is 4.79 Å². The number of carbonyl (C=O) groups excluding carboxylic acids is 1. The quantitative estimate of drug-likeness (QED) is 0.795. The highest BCUT2D eigenvalue weighted by molar-refractivity contribution is 5.90. The molecular weight excluding hydrogens is 280 g/mol. The van der Waals surface area contributed by atoms with Crippen molar-refractivity contribution in [3.05, 3.63) is 23.9 Å². The van der Waals surface area contributed by atoms with Gasteiger partial charge in [-0.1, -0.05) is 18.6 Å². The number of nitrogens with zero attached hydrogens (tertiary/aromatic N) is 4. The first-order valence-corrected chi connectivity index (χ1v) is 8.17. The largest absolute Gasteiger partial charge is 0.417 e. The molecule has 0 N–H and O–H groups in total. The molecule has 120 valence electrons. The van der Waals surface area contributed by atoms with E-state index in [1.807, 2.05) is 19.1 Å². The zero-order valence-electron chi connectivity index (χ0n) is 13.4. The molecule has 0 radical (unpaired) electrons. The van der Waals surface area contributed by atoms with Gasteiger partial charge in [0, 0.05) is 31.6 Å². The van der Waals surface area contributed by atoms with E-state index in [2.05, 4.69) is 22.0 Å². The lowest BCUT2D eigenvalue weighted by atomic mass is 9.97. The van der Waals surface area contributed by atoms with Crippen LogP contribution in [0.5, 0.6) is 0 Å². The van der Waals surface area contributed by atoms with E-state index in [0.717, 1.165) is 19.6 Å². The molecule has 3 rings (SSSR count). The van der Waals surface area contributed by atoms with Crippen LogP contribution in [0.1, 0.15) is 49.7 Å². The average Bonchev–Trinajstić information content (AvgIpc) is 2.94. The number of allylic oxidation sites excluding steroid dienone is 2. The highest BCUT2D eigenvalue weighted by Gasteiger charge is 2.39. The van der Waals surface area contributed by atoms with Crippen molar-refractivity contribution in [2.24, 2.45) is 0 Å². The summed E-state index contributed by atoms with van der Waals surface area (Å²) in [5.41, 5.74) is 0. The molecule has 6 heteroatoms. The maximum Gasteiger partial charge on any atom is 0.311 e. The van der Waals surface area contributed by atoms with Crippen LogP contribution >= 0.6 is 0 Å². The summed E-state index contributed by atoms with van der Waals surface area (Å²) in [6, 6.07) is 1.12. The molecule has 1 aromatic rings. The molecule has 0 aromatic carbocycles. The summed E-state index contributed by atoms with van der Waals surface area (Å²) in [4.78, 5) is 16.7. The minimum atomic E-state index is -0.139. The summed E-state index contributed by atoms with van der Waals surface area (Å²) in [6.07, 6.45) is 8.29. The highest BCUT2D eigenvalue weighted by atomic mass is 16.4. The minimum Gasteiger partial charge on any atom is -0.417 e. The zero-order chi connectivity index (χ0) is 15.5. The van der Waals surface area contributed by atoms with Crippen LogP contribution in [0.15, 0.2) is 16.6 Å². The van der Waals surface area contributed by atoms with E-state index in [1.165, 1.54) is 19.3 Å². The fourth-order valence-electron chi connectivity index (χ4n) is 3.27. The summed E-state index contributed by atoms with van der Waals surface area (Å²) < 4.78 is 5.43. The second-order valence-corrected chi connectivity index (χ2v) is 6.22. The van der Waals surface area contributed by atoms with Crippen molar-refractivity contribution in [1.82, 2.24) is 20.0 Å². The molecule has 2 aliphatic heterocycles. The lowest BCUT2D eigenvalue weighted by Gasteiger charge is -2.48. The van der Waals surface area contributed by atoms with E-state index >= 15 is 0 Å². The third-order valence-electron chi connectivity index (χ3n) is 4.65. The predicted octanol–water partition coefficient (Wildman–Crippen LogP) is 1.89. The van der Waals surface area contributed by atoms with Crippen molar-refractivity contribution in [2.45, 2.75) is 51.6 Å². The topological polar surface area (TPSA) is 62.5 Å². The summed E-state index contributed by atoms with van der Waals surface area (Å²) in [5.74, 6) is 0.466. The van der Waals surface area contributed by atoms with E-state index in [1.54, 1.807) is 4.90 Å². The fourth-order valence-corrected chi connectivity index (χ4v) is 3.27. The predicted molar refractivity (Wildman–Crippen MR) is 82.5 cm³/mol. The van der Waals surface area contributed by atoms with E-state index in [-0.39, 0.29) is 11.8 Å². The van der Waals surface area contributed by atoms with Gasteiger partial charge in [0.25, 0.3) is 0 Å². The van der Waals surface area contributed by atoms with Crippen LogP contribution in [0.3, 0.4) is 0 Å².